The predicted molar refractivity (Wildman–Crippen MR) is 113 cm³/mol. The van der Waals surface area contributed by atoms with Crippen LogP contribution in [0, 0.1) is 0 Å². The van der Waals surface area contributed by atoms with Crippen molar-refractivity contribution in [2.75, 3.05) is 0 Å². The quantitative estimate of drug-likeness (QED) is 0.366. The second-order valence-electron chi connectivity index (χ2n) is 6.27. The van der Waals surface area contributed by atoms with Crippen molar-refractivity contribution >= 4 is 65.7 Å². The molecule has 0 aliphatic heterocycles. The molecule has 26 heavy (non-hydrogen) atoms. The van der Waals surface area contributed by atoms with E-state index in [0.29, 0.717) is 11.5 Å². The molecule has 0 radical (unpaired) electrons. The highest BCUT2D eigenvalue weighted by Crippen LogP contribution is 2.40. The summed E-state index contributed by atoms with van der Waals surface area (Å²) in [4.78, 5) is 18.6. The van der Waals surface area contributed by atoms with Crippen LogP contribution in [0.2, 0.25) is 0 Å². The molecule has 1 N–H and O–H groups in total. The molecule has 0 atom stereocenters. The van der Waals surface area contributed by atoms with Crippen LogP contribution in [0.1, 0.15) is 46.6 Å². The molecular weight excluding hydrogens is 478 g/mol. The molecule has 0 spiro atoms. The van der Waals surface area contributed by atoms with Crippen LogP contribution in [-0.2, 0) is 0 Å². The van der Waals surface area contributed by atoms with Crippen LogP contribution in [0.3, 0.4) is 0 Å². The largest absolute Gasteiger partial charge is 0.272 e. The van der Waals surface area contributed by atoms with Gasteiger partial charge in [-0.25, -0.2) is 5.43 Å². The molecule has 1 aliphatic rings. The zero-order valence-corrected chi connectivity index (χ0v) is 17.9. The number of fused-ring (bicyclic) bond motifs is 1. The minimum Gasteiger partial charge on any atom is -0.267 e. The van der Waals surface area contributed by atoms with Gasteiger partial charge in [0.1, 0.15) is 0 Å². The molecule has 1 saturated carbocycles. The molecule has 4 rings (SSSR count). The maximum absolute atomic E-state index is 12.8. The van der Waals surface area contributed by atoms with Crippen molar-refractivity contribution in [2.24, 2.45) is 5.10 Å². The SMILES string of the molecule is C/C(=N\NC(=O)c1cc(C2CC2)nc2ccc(Br)cc12)c1ccc(Br)s1. The van der Waals surface area contributed by atoms with E-state index in [1.54, 1.807) is 11.3 Å². The number of aromatic nitrogens is 1. The smallest absolute Gasteiger partial charge is 0.267 e. The Labute approximate surface area is 172 Å². The van der Waals surface area contributed by atoms with Crippen LogP contribution in [0.4, 0.5) is 0 Å². The van der Waals surface area contributed by atoms with E-state index in [0.717, 1.165) is 48.3 Å². The van der Waals surface area contributed by atoms with Crippen LogP contribution in [-0.4, -0.2) is 16.6 Å². The molecular formula is C19H15Br2N3OS. The highest BCUT2D eigenvalue weighted by atomic mass is 79.9. The van der Waals surface area contributed by atoms with Gasteiger partial charge >= 0.3 is 0 Å². The molecule has 1 aliphatic carbocycles. The second kappa shape index (κ2) is 7.21. The summed E-state index contributed by atoms with van der Waals surface area (Å²) in [6.45, 7) is 1.88. The van der Waals surface area contributed by atoms with E-state index < -0.39 is 0 Å². The lowest BCUT2D eigenvalue weighted by molar-refractivity contribution is 0.0956. The third-order valence-corrected chi connectivity index (χ3v) is 6.51. The number of amides is 1. The van der Waals surface area contributed by atoms with Gasteiger partial charge in [-0.2, -0.15) is 5.10 Å². The number of hydrogen-bond acceptors (Lipinski definition) is 4. The van der Waals surface area contributed by atoms with Gasteiger partial charge in [-0.05, 0) is 72.1 Å². The average Bonchev–Trinajstić information content (AvgIpc) is 3.39. The van der Waals surface area contributed by atoms with Gasteiger partial charge in [0.15, 0.2) is 0 Å². The summed E-state index contributed by atoms with van der Waals surface area (Å²) in [5.41, 5.74) is 5.92. The van der Waals surface area contributed by atoms with Gasteiger partial charge in [-0.3, -0.25) is 9.78 Å². The third kappa shape index (κ3) is 3.75. The number of pyridine rings is 1. The van der Waals surface area contributed by atoms with Crippen LogP contribution >= 0.6 is 43.2 Å². The Morgan fingerprint density at radius 2 is 2.04 bits per heavy atom. The standard InChI is InChI=1S/C19H15Br2N3OS/c1-10(17-6-7-18(21)26-17)23-24-19(25)14-9-16(11-2-3-11)22-15-5-4-12(20)8-13(14)15/h4-9,11H,2-3H2,1H3,(H,24,25)/b23-10+. The Morgan fingerprint density at radius 3 is 2.73 bits per heavy atom. The monoisotopic (exact) mass is 491 g/mol. The normalized spacial score (nSPS) is 14.7. The van der Waals surface area contributed by atoms with Gasteiger partial charge < -0.3 is 0 Å². The van der Waals surface area contributed by atoms with Gasteiger partial charge in [0.05, 0.1) is 25.5 Å². The topological polar surface area (TPSA) is 54.4 Å². The lowest BCUT2D eigenvalue weighted by Crippen LogP contribution is -2.20. The zero-order valence-electron chi connectivity index (χ0n) is 13.9. The molecule has 1 amide bonds. The molecule has 0 bridgehead atoms. The van der Waals surface area contributed by atoms with Crippen molar-refractivity contribution in [3.05, 3.63) is 60.8 Å². The van der Waals surface area contributed by atoms with Crippen LogP contribution in [0.5, 0.6) is 0 Å². The van der Waals surface area contributed by atoms with E-state index in [2.05, 4.69) is 42.4 Å². The van der Waals surface area contributed by atoms with Crippen molar-refractivity contribution in [3.8, 4) is 0 Å². The molecule has 2 heterocycles. The van der Waals surface area contributed by atoms with Crippen LogP contribution < -0.4 is 5.43 Å². The molecule has 3 aromatic rings. The zero-order chi connectivity index (χ0) is 18.3. The van der Waals surface area contributed by atoms with Crippen molar-refractivity contribution in [1.82, 2.24) is 10.4 Å². The van der Waals surface area contributed by atoms with Gasteiger partial charge in [-0.15, -0.1) is 11.3 Å². The summed E-state index contributed by atoms with van der Waals surface area (Å²) >= 11 is 8.50. The van der Waals surface area contributed by atoms with Gasteiger partial charge in [0.25, 0.3) is 5.91 Å². The van der Waals surface area contributed by atoms with Gasteiger partial charge in [0.2, 0.25) is 0 Å². The van der Waals surface area contributed by atoms with Crippen molar-refractivity contribution in [2.45, 2.75) is 25.7 Å². The number of carbonyl (C=O) groups excluding carboxylic acids is 1. The van der Waals surface area contributed by atoms with Gasteiger partial charge in [-0.1, -0.05) is 15.9 Å². The minimum absolute atomic E-state index is 0.215. The Hall–Kier alpha value is -1.57. The lowest BCUT2D eigenvalue weighted by atomic mass is 10.1. The van der Waals surface area contributed by atoms with Crippen molar-refractivity contribution < 1.29 is 4.79 Å². The van der Waals surface area contributed by atoms with E-state index in [9.17, 15) is 4.79 Å². The first kappa shape index (κ1) is 17.8. The number of hydrazone groups is 1. The molecule has 2 aromatic heterocycles. The fourth-order valence-corrected chi connectivity index (χ4v) is 4.45. The number of thiophene rings is 1. The summed E-state index contributed by atoms with van der Waals surface area (Å²) < 4.78 is 1.95. The fourth-order valence-electron chi connectivity index (χ4n) is 2.75. The number of benzene rings is 1. The first-order valence-corrected chi connectivity index (χ1v) is 10.6. The fraction of sp³-hybridized carbons (Fsp3) is 0.211. The van der Waals surface area contributed by atoms with E-state index in [1.807, 2.05) is 43.3 Å². The molecule has 1 aromatic carbocycles. The highest BCUT2D eigenvalue weighted by Gasteiger charge is 2.27. The molecule has 7 heteroatoms. The second-order valence-corrected chi connectivity index (χ2v) is 9.65. The summed E-state index contributed by atoms with van der Waals surface area (Å²) in [5, 5.41) is 5.10. The molecule has 0 saturated heterocycles. The van der Waals surface area contributed by atoms with E-state index >= 15 is 0 Å². The average molecular weight is 493 g/mol. The Balaban J connectivity index is 1.68. The van der Waals surface area contributed by atoms with E-state index in [4.69, 9.17) is 4.98 Å². The first-order chi connectivity index (χ1) is 12.5. The number of nitrogens with one attached hydrogen (secondary N) is 1. The van der Waals surface area contributed by atoms with Crippen LogP contribution in [0.25, 0.3) is 10.9 Å². The first-order valence-electron chi connectivity index (χ1n) is 8.22. The van der Waals surface area contributed by atoms with Crippen molar-refractivity contribution in [3.63, 3.8) is 0 Å². The summed E-state index contributed by atoms with van der Waals surface area (Å²) in [7, 11) is 0. The number of carbonyl (C=O) groups is 1. The highest BCUT2D eigenvalue weighted by molar-refractivity contribution is 9.11. The summed E-state index contributed by atoms with van der Waals surface area (Å²) in [5.74, 6) is 0.260. The number of rotatable bonds is 4. The third-order valence-electron chi connectivity index (χ3n) is 4.29. The molecule has 4 nitrogen and oxygen atoms in total. The Bertz CT molecular complexity index is 1040. The van der Waals surface area contributed by atoms with E-state index in [-0.39, 0.29) is 5.91 Å². The predicted octanol–water partition coefficient (Wildman–Crippen LogP) is 5.85. The Morgan fingerprint density at radius 1 is 1.23 bits per heavy atom. The number of nitrogens with zero attached hydrogens (tertiary/aromatic N) is 2. The summed E-state index contributed by atoms with van der Waals surface area (Å²) in [6.07, 6.45) is 2.28. The lowest BCUT2D eigenvalue weighted by Gasteiger charge is -2.09. The maximum atomic E-state index is 12.8. The van der Waals surface area contributed by atoms with Crippen molar-refractivity contribution in [1.29, 1.82) is 0 Å². The molecule has 0 unspecified atom stereocenters. The summed E-state index contributed by atoms with van der Waals surface area (Å²) in [6, 6.07) is 11.7. The maximum Gasteiger partial charge on any atom is 0.272 e. The van der Waals surface area contributed by atoms with Gasteiger partial charge in [0, 0.05) is 21.5 Å². The number of halogens is 2. The molecule has 132 valence electrons. The number of hydrogen-bond donors (Lipinski definition) is 1. The van der Waals surface area contributed by atoms with Crippen LogP contribution in [0.15, 0.2) is 49.8 Å². The molecule has 1 fully saturated rings. The Kier molecular flexibility index (Phi) is 4.94. The van der Waals surface area contributed by atoms with E-state index in [1.165, 1.54) is 0 Å². The minimum atomic E-state index is -0.215.